The number of carbonyl (C=O) groups is 1. The minimum absolute atomic E-state index is 0.00255. The summed E-state index contributed by atoms with van der Waals surface area (Å²) < 4.78 is 0. The molecule has 3 rings (SSSR count). The van der Waals surface area contributed by atoms with Gasteiger partial charge in [-0.15, -0.1) is 0 Å². The van der Waals surface area contributed by atoms with Gasteiger partial charge in [0.1, 0.15) is 0 Å². The Balaban J connectivity index is 1.99. The van der Waals surface area contributed by atoms with Gasteiger partial charge in [0.2, 0.25) is 0 Å². The molecule has 4 nitrogen and oxygen atoms in total. The number of nitrogens with one attached hydrogen (secondary N) is 1. The van der Waals surface area contributed by atoms with E-state index >= 15 is 0 Å². The number of nitrogens with zero attached hydrogens (tertiary/aromatic N) is 1. The largest absolute Gasteiger partial charge is 0.465 e. The Bertz CT molecular complexity index is 489. The number of benzene rings is 1. The average molecular weight is 260 g/mol. The molecule has 0 aliphatic carbocycles. The third kappa shape index (κ3) is 2.21. The third-order valence-electron chi connectivity index (χ3n) is 4.47. The van der Waals surface area contributed by atoms with Gasteiger partial charge in [-0.3, -0.25) is 0 Å². The van der Waals surface area contributed by atoms with Crippen LogP contribution in [0.25, 0.3) is 0 Å². The van der Waals surface area contributed by atoms with E-state index in [1.165, 1.54) is 5.56 Å². The molecule has 2 fully saturated rings. The molecule has 2 bridgehead atoms. The molecule has 0 aromatic heterocycles. The van der Waals surface area contributed by atoms with E-state index in [1.54, 1.807) is 4.90 Å². The molecule has 0 radical (unpaired) electrons. The van der Waals surface area contributed by atoms with Crippen LogP contribution >= 0.6 is 0 Å². The van der Waals surface area contributed by atoms with Crippen molar-refractivity contribution in [3.05, 3.63) is 35.4 Å². The third-order valence-corrected chi connectivity index (χ3v) is 4.47. The van der Waals surface area contributed by atoms with E-state index in [2.05, 4.69) is 24.4 Å². The molecule has 0 spiro atoms. The number of hydrogen-bond acceptors (Lipinski definition) is 2. The topological polar surface area (TPSA) is 52.6 Å². The molecule has 3 unspecified atom stereocenters. The van der Waals surface area contributed by atoms with Gasteiger partial charge in [-0.05, 0) is 42.9 Å². The summed E-state index contributed by atoms with van der Waals surface area (Å²) >= 11 is 0. The van der Waals surface area contributed by atoms with Crippen molar-refractivity contribution in [2.45, 2.75) is 19.4 Å². The fourth-order valence-electron chi connectivity index (χ4n) is 3.63. The lowest BCUT2D eigenvalue weighted by atomic mass is 9.77. The molecule has 19 heavy (non-hydrogen) atoms. The van der Waals surface area contributed by atoms with Gasteiger partial charge in [0, 0.05) is 13.1 Å². The Morgan fingerprint density at radius 2 is 2.16 bits per heavy atom. The first-order chi connectivity index (χ1) is 9.16. The highest BCUT2D eigenvalue weighted by Gasteiger charge is 2.41. The smallest absolute Gasteiger partial charge is 0.407 e. The van der Waals surface area contributed by atoms with Crippen molar-refractivity contribution in [3.63, 3.8) is 0 Å². The zero-order chi connectivity index (χ0) is 13.4. The normalized spacial score (nSPS) is 30.2. The van der Waals surface area contributed by atoms with Gasteiger partial charge in [0.15, 0.2) is 0 Å². The zero-order valence-corrected chi connectivity index (χ0v) is 11.2. The number of amides is 1. The van der Waals surface area contributed by atoms with Gasteiger partial charge in [0.25, 0.3) is 0 Å². The molecular weight excluding hydrogens is 240 g/mol. The first-order valence-electron chi connectivity index (χ1n) is 6.92. The number of rotatable bonds is 1. The Morgan fingerprint density at radius 1 is 1.37 bits per heavy atom. The molecule has 1 amide bonds. The van der Waals surface area contributed by atoms with Crippen LogP contribution in [0.4, 0.5) is 4.79 Å². The number of fused-ring (bicyclic) bond motifs is 2. The molecule has 1 aromatic carbocycles. The van der Waals surface area contributed by atoms with Crippen LogP contribution in [0.1, 0.15) is 23.6 Å². The second-order valence-electron chi connectivity index (χ2n) is 5.76. The monoisotopic (exact) mass is 260 g/mol. The first-order valence-corrected chi connectivity index (χ1v) is 6.92. The van der Waals surface area contributed by atoms with Crippen LogP contribution in [-0.2, 0) is 0 Å². The van der Waals surface area contributed by atoms with Gasteiger partial charge in [-0.2, -0.15) is 0 Å². The standard InChI is InChI=1S/C15H20N2O2/c1-10-4-2-3-5-13(10)14-12-6-11(7-16-8-12)9-17(14)15(18)19/h2-5,11-12,14,16H,6-9H2,1H3,(H,18,19). The summed E-state index contributed by atoms with van der Waals surface area (Å²) in [6.45, 7) is 4.58. The van der Waals surface area contributed by atoms with Crippen molar-refractivity contribution in [2.75, 3.05) is 19.6 Å². The summed E-state index contributed by atoms with van der Waals surface area (Å²) in [5.74, 6) is 0.861. The maximum absolute atomic E-state index is 11.6. The molecule has 102 valence electrons. The van der Waals surface area contributed by atoms with Crippen molar-refractivity contribution < 1.29 is 9.90 Å². The van der Waals surface area contributed by atoms with Gasteiger partial charge in [-0.25, -0.2) is 4.79 Å². The zero-order valence-electron chi connectivity index (χ0n) is 11.2. The average Bonchev–Trinajstić information content (AvgIpc) is 2.40. The van der Waals surface area contributed by atoms with E-state index < -0.39 is 6.09 Å². The molecule has 2 saturated heterocycles. The SMILES string of the molecule is Cc1ccccc1C1C2CNCC(C2)CN1C(=O)O. The van der Waals surface area contributed by atoms with Crippen LogP contribution in [0.2, 0.25) is 0 Å². The lowest BCUT2D eigenvalue weighted by Gasteiger charge is -2.47. The van der Waals surface area contributed by atoms with Crippen molar-refractivity contribution in [3.8, 4) is 0 Å². The highest BCUT2D eigenvalue weighted by atomic mass is 16.4. The lowest BCUT2D eigenvalue weighted by molar-refractivity contribution is 0.0361. The van der Waals surface area contributed by atoms with Crippen LogP contribution < -0.4 is 5.32 Å². The molecule has 4 heteroatoms. The van der Waals surface area contributed by atoms with Crippen molar-refractivity contribution in [1.82, 2.24) is 10.2 Å². The molecule has 2 N–H and O–H groups in total. The van der Waals surface area contributed by atoms with E-state index in [9.17, 15) is 9.90 Å². The van der Waals surface area contributed by atoms with Crippen LogP contribution in [0.3, 0.4) is 0 Å². The molecule has 2 aliphatic heterocycles. The highest BCUT2D eigenvalue weighted by Crippen LogP contribution is 2.40. The summed E-state index contributed by atoms with van der Waals surface area (Å²) in [6.07, 6.45) is 0.348. The van der Waals surface area contributed by atoms with Crippen LogP contribution in [0, 0.1) is 18.8 Å². The summed E-state index contributed by atoms with van der Waals surface area (Å²) in [4.78, 5) is 13.2. The highest BCUT2D eigenvalue weighted by molar-refractivity contribution is 5.66. The molecule has 1 aromatic rings. The predicted octanol–water partition coefficient (Wildman–Crippen LogP) is 2.26. The minimum atomic E-state index is -0.787. The van der Waals surface area contributed by atoms with Crippen molar-refractivity contribution in [2.24, 2.45) is 11.8 Å². The van der Waals surface area contributed by atoms with Gasteiger partial charge >= 0.3 is 6.09 Å². The van der Waals surface area contributed by atoms with Gasteiger partial charge in [-0.1, -0.05) is 24.3 Å². The van der Waals surface area contributed by atoms with E-state index in [4.69, 9.17) is 0 Å². The van der Waals surface area contributed by atoms with E-state index in [0.717, 1.165) is 25.1 Å². The van der Waals surface area contributed by atoms with Crippen LogP contribution in [0.15, 0.2) is 24.3 Å². The number of likely N-dealkylation sites (tertiary alicyclic amines) is 1. The number of hydrogen-bond donors (Lipinski definition) is 2. The summed E-state index contributed by atoms with van der Waals surface area (Å²) in [7, 11) is 0. The number of carboxylic acid groups (broad SMARTS) is 1. The van der Waals surface area contributed by atoms with Crippen molar-refractivity contribution >= 4 is 6.09 Å². The van der Waals surface area contributed by atoms with Crippen LogP contribution in [0.5, 0.6) is 0 Å². The van der Waals surface area contributed by atoms with E-state index in [-0.39, 0.29) is 6.04 Å². The maximum atomic E-state index is 11.6. The Labute approximate surface area is 113 Å². The Morgan fingerprint density at radius 3 is 2.89 bits per heavy atom. The first kappa shape index (κ1) is 12.5. The van der Waals surface area contributed by atoms with E-state index in [0.29, 0.717) is 18.4 Å². The van der Waals surface area contributed by atoms with Crippen molar-refractivity contribution in [1.29, 1.82) is 0 Å². The fourth-order valence-corrected chi connectivity index (χ4v) is 3.63. The van der Waals surface area contributed by atoms with Gasteiger partial charge < -0.3 is 15.3 Å². The number of piperidine rings is 2. The predicted molar refractivity (Wildman–Crippen MR) is 73.1 cm³/mol. The minimum Gasteiger partial charge on any atom is -0.465 e. The quantitative estimate of drug-likeness (QED) is 0.814. The van der Waals surface area contributed by atoms with Gasteiger partial charge in [0.05, 0.1) is 6.04 Å². The second kappa shape index (κ2) is 4.85. The maximum Gasteiger partial charge on any atom is 0.407 e. The molecule has 2 aliphatic rings. The van der Waals surface area contributed by atoms with Crippen LogP contribution in [-0.4, -0.2) is 35.7 Å². The number of aryl methyl sites for hydroxylation is 1. The molecular formula is C15H20N2O2. The second-order valence-corrected chi connectivity index (χ2v) is 5.76. The Kier molecular flexibility index (Phi) is 3.19. The lowest BCUT2D eigenvalue weighted by Crippen LogP contribution is -2.54. The molecule has 3 atom stereocenters. The fraction of sp³-hybridized carbons (Fsp3) is 0.533. The molecule has 0 saturated carbocycles. The summed E-state index contributed by atoms with van der Waals surface area (Å²) in [5.41, 5.74) is 2.35. The molecule has 2 heterocycles. The summed E-state index contributed by atoms with van der Waals surface area (Å²) in [5, 5.41) is 13.0. The summed E-state index contributed by atoms with van der Waals surface area (Å²) in [6, 6.07) is 8.16. The Hall–Kier alpha value is -1.55. The van der Waals surface area contributed by atoms with E-state index in [1.807, 2.05) is 12.1 Å².